The number of rotatable bonds is 17. The van der Waals surface area contributed by atoms with E-state index in [1.165, 1.54) is 37.6 Å². The SMILES string of the molecule is C=CCC(CC(C)NO)N(CC=C)C(=O)Cc1ccc(S(=O)(=O)NC)cc1.CC(CCNC(=O)C1CCCC1)c1ccccc1. The van der Waals surface area contributed by atoms with Gasteiger partial charge in [0.25, 0.3) is 0 Å². The highest BCUT2D eigenvalue weighted by Crippen LogP contribution is 2.25. The Labute approximate surface area is 270 Å². The Kier molecular flexibility index (Phi) is 16.8. The largest absolute Gasteiger partial charge is 0.356 e. The molecule has 3 atom stereocenters. The minimum atomic E-state index is -3.51. The molecule has 0 saturated heterocycles. The van der Waals surface area contributed by atoms with Crippen LogP contribution in [-0.4, -0.2) is 62.6 Å². The third-order valence-corrected chi connectivity index (χ3v) is 9.63. The third kappa shape index (κ3) is 12.9. The molecule has 3 rings (SSSR count). The van der Waals surface area contributed by atoms with Crippen LogP contribution in [0.4, 0.5) is 0 Å². The van der Waals surface area contributed by atoms with E-state index in [0.29, 0.717) is 25.3 Å². The van der Waals surface area contributed by atoms with Crippen LogP contribution < -0.4 is 15.5 Å². The molecule has 0 bridgehead atoms. The van der Waals surface area contributed by atoms with Gasteiger partial charge in [-0.25, -0.2) is 18.6 Å². The minimum Gasteiger partial charge on any atom is -0.356 e. The van der Waals surface area contributed by atoms with Crippen molar-refractivity contribution in [3.05, 3.63) is 91.0 Å². The van der Waals surface area contributed by atoms with Crippen LogP contribution in [0, 0.1) is 5.92 Å². The Morgan fingerprint density at radius 1 is 1.02 bits per heavy atom. The number of hydroxylamine groups is 1. The molecule has 1 fully saturated rings. The zero-order chi connectivity index (χ0) is 33.2. The van der Waals surface area contributed by atoms with Crippen LogP contribution in [0.2, 0.25) is 0 Å². The molecule has 4 N–H and O–H groups in total. The number of carbonyl (C=O) groups excluding carboxylic acids is 2. The summed E-state index contributed by atoms with van der Waals surface area (Å²) < 4.78 is 25.8. The minimum absolute atomic E-state index is 0.101. The lowest BCUT2D eigenvalue weighted by atomic mass is 9.98. The normalized spacial score (nSPS) is 15.2. The summed E-state index contributed by atoms with van der Waals surface area (Å²) in [5, 5.41) is 12.2. The number of hydrogen-bond donors (Lipinski definition) is 4. The van der Waals surface area contributed by atoms with Gasteiger partial charge in [-0.2, -0.15) is 0 Å². The van der Waals surface area contributed by atoms with Crippen molar-refractivity contribution in [2.24, 2.45) is 5.92 Å². The molecular weight excluding hydrogens is 588 g/mol. The van der Waals surface area contributed by atoms with Gasteiger partial charge in [-0.15, -0.1) is 13.2 Å². The first-order chi connectivity index (χ1) is 21.6. The summed E-state index contributed by atoms with van der Waals surface area (Å²) in [5.74, 6) is 0.969. The van der Waals surface area contributed by atoms with Crippen molar-refractivity contribution >= 4 is 21.8 Å². The van der Waals surface area contributed by atoms with E-state index in [2.05, 4.69) is 59.9 Å². The van der Waals surface area contributed by atoms with Gasteiger partial charge in [-0.1, -0.05) is 74.4 Å². The lowest BCUT2D eigenvalue weighted by Gasteiger charge is -2.32. The molecule has 3 unspecified atom stereocenters. The van der Waals surface area contributed by atoms with Gasteiger partial charge >= 0.3 is 0 Å². The maximum Gasteiger partial charge on any atom is 0.240 e. The quantitative estimate of drug-likeness (QED) is 0.137. The van der Waals surface area contributed by atoms with Crippen molar-refractivity contribution in [1.29, 1.82) is 0 Å². The van der Waals surface area contributed by atoms with Gasteiger partial charge in [0.05, 0.1) is 11.3 Å². The lowest BCUT2D eigenvalue weighted by Crippen LogP contribution is -2.44. The molecule has 9 nitrogen and oxygen atoms in total. The number of carbonyl (C=O) groups is 2. The standard InChI is InChI=1S/C19H29N3O4S.C16H23NO/c1-5-7-17(13-15(3)21-24)22(12-6-2)19(23)14-16-8-10-18(11-9-16)27(25,26)20-4;1-13(14-7-3-2-4-8-14)11-12-17-16(18)15-9-5-6-10-15/h5-6,8-11,15,17,20-21,24H,1-2,7,12-14H2,3-4H3;2-4,7-8,13,15H,5-6,9-12H2,1H3,(H,17,18). The molecule has 45 heavy (non-hydrogen) atoms. The maximum atomic E-state index is 12.9. The first-order valence-corrected chi connectivity index (χ1v) is 17.3. The predicted molar refractivity (Wildman–Crippen MR) is 180 cm³/mol. The fourth-order valence-electron chi connectivity index (χ4n) is 5.47. The summed E-state index contributed by atoms with van der Waals surface area (Å²) in [5.41, 5.74) is 4.28. The first kappa shape index (κ1) is 37.9. The summed E-state index contributed by atoms with van der Waals surface area (Å²) >= 11 is 0. The number of amides is 2. The molecule has 248 valence electrons. The van der Waals surface area contributed by atoms with E-state index >= 15 is 0 Å². The Balaban J connectivity index is 0.000000338. The Morgan fingerprint density at radius 2 is 1.67 bits per heavy atom. The molecule has 0 aliphatic heterocycles. The van der Waals surface area contributed by atoms with E-state index < -0.39 is 10.0 Å². The zero-order valence-electron chi connectivity index (χ0n) is 27.1. The topological polar surface area (TPSA) is 128 Å². The Bertz CT molecular complexity index is 1300. The van der Waals surface area contributed by atoms with Gasteiger partial charge < -0.3 is 15.4 Å². The maximum absolute atomic E-state index is 12.9. The van der Waals surface area contributed by atoms with Crippen molar-refractivity contribution in [1.82, 2.24) is 20.4 Å². The summed E-state index contributed by atoms with van der Waals surface area (Å²) in [7, 11) is -2.16. The summed E-state index contributed by atoms with van der Waals surface area (Å²) in [6.07, 6.45) is 10.3. The van der Waals surface area contributed by atoms with Crippen LogP contribution in [0.1, 0.15) is 75.8 Å². The Morgan fingerprint density at radius 3 is 2.22 bits per heavy atom. The molecule has 0 radical (unpaired) electrons. The van der Waals surface area contributed by atoms with Gasteiger partial charge in [-0.05, 0) is 75.3 Å². The number of hydrogen-bond acceptors (Lipinski definition) is 6. The fraction of sp³-hybridized carbons (Fsp3) is 0.486. The molecule has 0 spiro atoms. The fourth-order valence-corrected chi connectivity index (χ4v) is 6.20. The average Bonchev–Trinajstić information content (AvgIpc) is 3.60. The van der Waals surface area contributed by atoms with Gasteiger partial charge in [0.2, 0.25) is 21.8 Å². The highest BCUT2D eigenvalue weighted by Gasteiger charge is 2.24. The second-order valence-electron chi connectivity index (χ2n) is 11.7. The van der Waals surface area contributed by atoms with E-state index in [1.54, 1.807) is 29.2 Å². The van der Waals surface area contributed by atoms with Gasteiger partial charge in [0, 0.05) is 31.1 Å². The van der Waals surface area contributed by atoms with E-state index in [9.17, 15) is 18.0 Å². The second kappa shape index (κ2) is 19.9. The number of benzene rings is 2. The van der Waals surface area contributed by atoms with Gasteiger partial charge in [-0.3, -0.25) is 9.59 Å². The number of sulfonamides is 1. The van der Waals surface area contributed by atoms with E-state index in [-0.39, 0.29) is 41.1 Å². The molecule has 0 heterocycles. The molecule has 2 aromatic carbocycles. The first-order valence-electron chi connectivity index (χ1n) is 15.8. The van der Waals surface area contributed by atoms with Crippen LogP contribution in [0.25, 0.3) is 0 Å². The van der Waals surface area contributed by atoms with Crippen molar-refractivity contribution < 1.29 is 23.2 Å². The molecule has 1 aliphatic rings. The van der Waals surface area contributed by atoms with Crippen molar-refractivity contribution in [3.63, 3.8) is 0 Å². The molecule has 10 heteroatoms. The highest BCUT2D eigenvalue weighted by atomic mass is 32.2. The second-order valence-corrected chi connectivity index (χ2v) is 13.6. The van der Waals surface area contributed by atoms with Crippen LogP contribution in [-0.2, 0) is 26.0 Å². The van der Waals surface area contributed by atoms with Crippen LogP contribution in [0.15, 0.2) is 84.8 Å². The van der Waals surface area contributed by atoms with Crippen LogP contribution in [0.3, 0.4) is 0 Å². The number of nitrogens with zero attached hydrogens (tertiary/aromatic N) is 1. The molecule has 2 amide bonds. The van der Waals surface area contributed by atoms with E-state index in [0.717, 1.165) is 31.4 Å². The van der Waals surface area contributed by atoms with Crippen molar-refractivity contribution in [2.75, 3.05) is 20.1 Å². The summed E-state index contributed by atoms with van der Waals surface area (Å²) in [4.78, 5) is 26.6. The van der Waals surface area contributed by atoms with Gasteiger partial charge in [0.1, 0.15) is 0 Å². The lowest BCUT2D eigenvalue weighted by molar-refractivity contribution is -0.132. The smallest absolute Gasteiger partial charge is 0.240 e. The molecule has 0 aromatic heterocycles. The van der Waals surface area contributed by atoms with Crippen molar-refractivity contribution in [2.45, 2.75) is 88.1 Å². The Hall–Kier alpha value is -3.31. The van der Waals surface area contributed by atoms with Crippen molar-refractivity contribution in [3.8, 4) is 0 Å². The average molecular weight is 641 g/mol. The molecule has 2 aromatic rings. The predicted octanol–water partition coefficient (Wildman–Crippen LogP) is 5.34. The zero-order valence-corrected chi connectivity index (χ0v) is 27.9. The summed E-state index contributed by atoms with van der Waals surface area (Å²) in [6, 6.07) is 16.4. The highest BCUT2D eigenvalue weighted by molar-refractivity contribution is 7.89. The van der Waals surface area contributed by atoms with E-state index in [1.807, 2.05) is 13.0 Å². The monoisotopic (exact) mass is 640 g/mol. The molecule has 1 saturated carbocycles. The molecular formula is C35H52N4O5S. The number of nitrogens with one attached hydrogen (secondary N) is 3. The van der Waals surface area contributed by atoms with Gasteiger partial charge in [0.15, 0.2) is 0 Å². The van der Waals surface area contributed by atoms with Crippen LogP contribution >= 0.6 is 0 Å². The van der Waals surface area contributed by atoms with Crippen LogP contribution in [0.5, 0.6) is 0 Å². The summed E-state index contributed by atoms with van der Waals surface area (Å²) in [6.45, 7) is 12.7. The van der Waals surface area contributed by atoms with E-state index in [4.69, 9.17) is 5.21 Å². The third-order valence-electron chi connectivity index (χ3n) is 8.20. The molecule has 1 aliphatic carbocycles.